The molecule has 1 amide bonds. The number of hydrogen-bond acceptors (Lipinski definition) is 5. The van der Waals surface area contributed by atoms with E-state index in [4.69, 9.17) is 9.26 Å². The molecule has 0 unspecified atom stereocenters. The van der Waals surface area contributed by atoms with Crippen LogP contribution in [0.3, 0.4) is 0 Å². The number of carbonyl (C=O) groups is 1. The summed E-state index contributed by atoms with van der Waals surface area (Å²) in [6.45, 7) is 1.58. The first-order chi connectivity index (χ1) is 9.95. The third-order valence-electron chi connectivity index (χ3n) is 3.11. The highest BCUT2D eigenvalue weighted by Gasteiger charge is 2.27. The largest absolute Gasteiger partial charge is 0.497 e. The summed E-state index contributed by atoms with van der Waals surface area (Å²) < 4.78 is 10.3. The zero-order chi connectivity index (χ0) is 15.6. The molecule has 1 N–H and O–H groups in total. The predicted molar refractivity (Wildman–Crippen MR) is 77.1 cm³/mol. The molecule has 6 nitrogen and oxygen atoms in total. The van der Waals surface area contributed by atoms with Gasteiger partial charge in [0.05, 0.1) is 18.8 Å². The van der Waals surface area contributed by atoms with Gasteiger partial charge in [-0.05, 0) is 31.2 Å². The highest BCUT2D eigenvalue weighted by atomic mass is 16.5. The van der Waals surface area contributed by atoms with E-state index in [1.54, 1.807) is 52.4 Å². The van der Waals surface area contributed by atoms with Gasteiger partial charge in [0.1, 0.15) is 11.4 Å². The van der Waals surface area contributed by atoms with Crippen molar-refractivity contribution < 1.29 is 19.2 Å². The van der Waals surface area contributed by atoms with Crippen molar-refractivity contribution in [3.63, 3.8) is 0 Å². The highest BCUT2D eigenvalue weighted by molar-refractivity contribution is 5.94. The molecule has 0 aliphatic heterocycles. The van der Waals surface area contributed by atoms with Gasteiger partial charge in [0, 0.05) is 19.7 Å². The summed E-state index contributed by atoms with van der Waals surface area (Å²) >= 11 is 0. The average Bonchev–Trinajstić information content (AvgIpc) is 2.91. The van der Waals surface area contributed by atoms with Crippen LogP contribution in [-0.4, -0.2) is 42.3 Å². The van der Waals surface area contributed by atoms with Crippen LogP contribution in [0.15, 0.2) is 28.8 Å². The van der Waals surface area contributed by atoms with Crippen molar-refractivity contribution in [1.29, 1.82) is 0 Å². The molecule has 0 radical (unpaired) electrons. The van der Waals surface area contributed by atoms with Crippen molar-refractivity contribution in [3.05, 3.63) is 35.6 Å². The number of methoxy groups -OCH3 is 1. The van der Waals surface area contributed by atoms with E-state index in [0.29, 0.717) is 17.0 Å². The van der Waals surface area contributed by atoms with Crippen molar-refractivity contribution in [3.8, 4) is 17.0 Å². The van der Waals surface area contributed by atoms with Crippen molar-refractivity contribution >= 4 is 5.91 Å². The Kier molecular flexibility index (Phi) is 4.28. The molecule has 112 valence electrons. The van der Waals surface area contributed by atoms with Gasteiger partial charge in [0.2, 0.25) is 5.76 Å². The van der Waals surface area contributed by atoms with E-state index >= 15 is 0 Å². The molecule has 21 heavy (non-hydrogen) atoms. The molecule has 1 aromatic carbocycles. The number of benzene rings is 1. The zero-order valence-electron chi connectivity index (χ0n) is 12.5. The number of ether oxygens (including phenoxy) is 1. The summed E-state index contributed by atoms with van der Waals surface area (Å²) in [5.74, 6) is 0.435. The standard InChI is InChI=1S/C15H18N2O4/c1-9(18)12-13(10-5-7-11(20-4)8-6-10)16-21-14(12)15(19)17(2)3/h5-9,18H,1-4H3/t9-/m0/s1. The minimum atomic E-state index is -0.868. The van der Waals surface area contributed by atoms with Gasteiger partial charge in [0.25, 0.3) is 5.91 Å². The highest BCUT2D eigenvalue weighted by Crippen LogP contribution is 2.31. The van der Waals surface area contributed by atoms with Crippen LogP contribution in [0.4, 0.5) is 0 Å². The van der Waals surface area contributed by atoms with Crippen LogP contribution in [0, 0.1) is 0 Å². The molecule has 0 fully saturated rings. The van der Waals surface area contributed by atoms with Crippen LogP contribution in [0.2, 0.25) is 0 Å². The fourth-order valence-electron chi connectivity index (χ4n) is 2.00. The minimum Gasteiger partial charge on any atom is -0.497 e. The Bertz CT molecular complexity index is 630. The molecule has 2 rings (SSSR count). The summed E-state index contributed by atoms with van der Waals surface area (Å²) in [6.07, 6.45) is -0.868. The molecular weight excluding hydrogens is 272 g/mol. The molecule has 1 heterocycles. The van der Waals surface area contributed by atoms with E-state index < -0.39 is 6.10 Å². The number of aromatic nitrogens is 1. The van der Waals surface area contributed by atoms with E-state index in [1.165, 1.54) is 4.90 Å². The van der Waals surface area contributed by atoms with Gasteiger partial charge in [-0.25, -0.2) is 0 Å². The number of aliphatic hydroxyl groups excluding tert-OH is 1. The van der Waals surface area contributed by atoms with E-state index in [1.807, 2.05) is 0 Å². The van der Waals surface area contributed by atoms with Crippen LogP contribution in [0.1, 0.15) is 29.1 Å². The maximum Gasteiger partial charge on any atom is 0.292 e. The maximum atomic E-state index is 12.1. The van der Waals surface area contributed by atoms with Gasteiger partial charge in [0.15, 0.2) is 0 Å². The molecule has 0 aliphatic carbocycles. The van der Waals surface area contributed by atoms with Crippen LogP contribution < -0.4 is 4.74 Å². The van der Waals surface area contributed by atoms with Crippen molar-refractivity contribution in [2.75, 3.05) is 21.2 Å². The SMILES string of the molecule is COc1ccc(-c2noc(C(=O)N(C)C)c2[C@H](C)O)cc1. The number of carbonyl (C=O) groups excluding carboxylic acids is 1. The number of amides is 1. The Hall–Kier alpha value is -2.34. The Labute approximate surface area is 122 Å². The summed E-state index contributed by atoms with van der Waals surface area (Å²) in [4.78, 5) is 13.5. The lowest BCUT2D eigenvalue weighted by Gasteiger charge is -2.10. The van der Waals surface area contributed by atoms with Crippen LogP contribution >= 0.6 is 0 Å². The molecule has 1 aromatic heterocycles. The van der Waals surface area contributed by atoms with Gasteiger partial charge < -0.3 is 19.3 Å². The number of nitrogens with zero attached hydrogens (tertiary/aromatic N) is 2. The molecule has 0 saturated heterocycles. The molecule has 0 aliphatic rings. The van der Waals surface area contributed by atoms with E-state index in [0.717, 1.165) is 5.56 Å². The lowest BCUT2D eigenvalue weighted by Crippen LogP contribution is -2.22. The lowest BCUT2D eigenvalue weighted by atomic mass is 10.0. The van der Waals surface area contributed by atoms with E-state index in [2.05, 4.69) is 5.16 Å². The first-order valence-electron chi connectivity index (χ1n) is 6.49. The molecular formula is C15H18N2O4. The van der Waals surface area contributed by atoms with Gasteiger partial charge in [-0.3, -0.25) is 4.79 Å². The Morgan fingerprint density at radius 1 is 1.33 bits per heavy atom. The summed E-state index contributed by atoms with van der Waals surface area (Å²) in [5.41, 5.74) is 1.59. The summed E-state index contributed by atoms with van der Waals surface area (Å²) in [5, 5.41) is 13.9. The van der Waals surface area contributed by atoms with Crippen LogP contribution in [0.25, 0.3) is 11.3 Å². The Balaban J connectivity index is 2.51. The first-order valence-corrected chi connectivity index (χ1v) is 6.49. The lowest BCUT2D eigenvalue weighted by molar-refractivity contribution is 0.0778. The van der Waals surface area contributed by atoms with Gasteiger partial charge in [-0.1, -0.05) is 5.16 Å². The molecule has 6 heteroatoms. The number of rotatable bonds is 4. The number of aliphatic hydroxyl groups is 1. The maximum absolute atomic E-state index is 12.1. The van der Waals surface area contributed by atoms with Crippen molar-refractivity contribution in [1.82, 2.24) is 10.1 Å². The Morgan fingerprint density at radius 3 is 2.43 bits per heavy atom. The molecule has 0 bridgehead atoms. The Morgan fingerprint density at radius 2 is 1.95 bits per heavy atom. The summed E-state index contributed by atoms with van der Waals surface area (Å²) in [7, 11) is 4.81. The molecule has 1 atom stereocenters. The monoisotopic (exact) mass is 290 g/mol. The molecule has 0 spiro atoms. The third kappa shape index (κ3) is 2.90. The van der Waals surface area contributed by atoms with E-state index in [-0.39, 0.29) is 11.7 Å². The predicted octanol–water partition coefficient (Wildman–Crippen LogP) is 2.11. The summed E-state index contributed by atoms with van der Waals surface area (Å²) in [6, 6.07) is 7.16. The quantitative estimate of drug-likeness (QED) is 0.933. The average molecular weight is 290 g/mol. The van der Waals surface area contributed by atoms with Gasteiger partial charge in [-0.15, -0.1) is 0 Å². The minimum absolute atomic E-state index is 0.0563. The fraction of sp³-hybridized carbons (Fsp3) is 0.333. The van der Waals surface area contributed by atoms with E-state index in [9.17, 15) is 9.90 Å². The molecule has 2 aromatic rings. The van der Waals surface area contributed by atoms with Crippen molar-refractivity contribution in [2.45, 2.75) is 13.0 Å². The third-order valence-corrected chi connectivity index (χ3v) is 3.11. The topological polar surface area (TPSA) is 75.8 Å². The fourth-order valence-corrected chi connectivity index (χ4v) is 2.00. The number of hydrogen-bond donors (Lipinski definition) is 1. The van der Waals surface area contributed by atoms with Gasteiger partial charge >= 0.3 is 0 Å². The second kappa shape index (κ2) is 5.97. The van der Waals surface area contributed by atoms with Crippen LogP contribution in [0.5, 0.6) is 5.75 Å². The second-order valence-corrected chi connectivity index (χ2v) is 4.88. The van der Waals surface area contributed by atoms with Gasteiger partial charge in [-0.2, -0.15) is 0 Å². The first kappa shape index (κ1) is 15.1. The normalized spacial score (nSPS) is 12.0. The zero-order valence-corrected chi connectivity index (χ0v) is 12.5. The van der Waals surface area contributed by atoms with Crippen molar-refractivity contribution in [2.24, 2.45) is 0 Å². The smallest absolute Gasteiger partial charge is 0.292 e. The second-order valence-electron chi connectivity index (χ2n) is 4.88. The van der Waals surface area contributed by atoms with Crippen LogP contribution in [-0.2, 0) is 0 Å². The molecule has 0 saturated carbocycles.